The summed E-state index contributed by atoms with van der Waals surface area (Å²) in [5, 5.41) is -0.388. The summed E-state index contributed by atoms with van der Waals surface area (Å²) in [4.78, 5) is 13.5. The van der Waals surface area contributed by atoms with Crippen LogP contribution in [-0.4, -0.2) is 43.0 Å². The second-order valence-electron chi connectivity index (χ2n) is 4.17. The second-order valence-corrected chi connectivity index (χ2v) is 4.82. The molecule has 0 radical (unpaired) electrons. The zero-order chi connectivity index (χ0) is 11.3. The zero-order valence-electron chi connectivity index (χ0n) is 9.54. The van der Waals surface area contributed by atoms with Crippen molar-refractivity contribution in [3.8, 4) is 0 Å². The van der Waals surface area contributed by atoms with Gasteiger partial charge < -0.3 is 9.64 Å². The van der Waals surface area contributed by atoms with Crippen LogP contribution in [0.1, 0.15) is 26.2 Å². The summed E-state index contributed by atoms with van der Waals surface area (Å²) >= 11 is 5.77. The van der Waals surface area contributed by atoms with Gasteiger partial charge in [-0.05, 0) is 32.1 Å². The van der Waals surface area contributed by atoms with E-state index < -0.39 is 0 Å². The first-order chi connectivity index (χ1) is 7.15. The Balaban J connectivity index is 2.26. The smallest absolute Gasteiger partial charge is 0.240 e. The average Bonchev–Trinajstić information content (AvgIpc) is 2.26. The van der Waals surface area contributed by atoms with Crippen LogP contribution in [0.4, 0.5) is 0 Å². The molecule has 1 atom stereocenters. The molecule has 0 bridgehead atoms. The molecular formula is C11H20ClNO2. The Morgan fingerprint density at radius 3 is 2.60 bits per heavy atom. The van der Waals surface area contributed by atoms with Gasteiger partial charge in [0, 0.05) is 26.8 Å². The van der Waals surface area contributed by atoms with E-state index in [4.69, 9.17) is 16.3 Å². The number of hydrogen-bond donors (Lipinski definition) is 0. The Labute approximate surface area is 96.7 Å². The molecule has 1 amide bonds. The summed E-state index contributed by atoms with van der Waals surface area (Å²) in [5.74, 6) is 0.779. The monoisotopic (exact) mass is 233 g/mol. The van der Waals surface area contributed by atoms with E-state index in [0.717, 1.165) is 39.0 Å². The number of amides is 1. The lowest BCUT2D eigenvalue weighted by atomic mass is 9.94. The predicted octanol–water partition coefficient (Wildman–Crippen LogP) is 1.89. The number of alkyl halides is 1. The zero-order valence-corrected chi connectivity index (χ0v) is 10.3. The number of nitrogens with zero attached hydrogens (tertiary/aromatic N) is 1. The highest BCUT2D eigenvalue weighted by atomic mass is 35.5. The fourth-order valence-corrected chi connectivity index (χ4v) is 2.12. The molecule has 1 aliphatic rings. The van der Waals surface area contributed by atoms with Gasteiger partial charge in [-0.15, -0.1) is 11.6 Å². The molecule has 0 spiro atoms. The van der Waals surface area contributed by atoms with Crippen molar-refractivity contribution in [1.82, 2.24) is 4.90 Å². The van der Waals surface area contributed by atoms with Crippen molar-refractivity contribution in [3.05, 3.63) is 0 Å². The minimum Gasteiger partial charge on any atom is -0.385 e. The standard InChI is InChI=1S/C11H20ClNO2/c1-9(12)11(14)13-6-3-10(4-7-13)5-8-15-2/h9-10H,3-8H2,1-2H3. The van der Waals surface area contributed by atoms with Crippen molar-refractivity contribution in [2.45, 2.75) is 31.6 Å². The SMILES string of the molecule is COCCC1CCN(C(=O)C(C)Cl)CC1. The first kappa shape index (κ1) is 12.8. The molecule has 15 heavy (non-hydrogen) atoms. The molecule has 0 aliphatic carbocycles. The minimum absolute atomic E-state index is 0.0712. The molecule has 0 saturated carbocycles. The molecule has 0 aromatic carbocycles. The summed E-state index contributed by atoms with van der Waals surface area (Å²) in [6.07, 6.45) is 3.27. The summed E-state index contributed by atoms with van der Waals surface area (Å²) < 4.78 is 5.06. The Bertz CT molecular complexity index is 201. The summed E-state index contributed by atoms with van der Waals surface area (Å²) in [6, 6.07) is 0. The van der Waals surface area contributed by atoms with Gasteiger partial charge >= 0.3 is 0 Å². The Morgan fingerprint density at radius 1 is 1.53 bits per heavy atom. The molecule has 1 aliphatic heterocycles. The van der Waals surface area contributed by atoms with Crippen LogP contribution in [0.3, 0.4) is 0 Å². The van der Waals surface area contributed by atoms with Crippen LogP contribution in [0, 0.1) is 5.92 Å². The largest absolute Gasteiger partial charge is 0.385 e. The van der Waals surface area contributed by atoms with Gasteiger partial charge in [0.05, 0.1) is 0 Å². The fourth-order valence-electron chi connectivity index (χ4n) is 1.98. The highest BCUT2D eigenvalue weighted by Gasteiger charge is 2.24. The van der Waals surface area contributed by atoms with Crippen LogP contribution in [0.15, 0.2) is 0 Å². The molecule has 88 valence electrons. The minimum atomic E-state index is -0.388. The van der Waals surface area contributed by atoms with E-state index >= 15 is 0 Å². The molecule has 1 rings (SSSR count). The number of piperidine rings is 1. The van der Waals surface area contributed by atoms with Gasteiger partial charge in [0.15, 0.2) is 0 Å². The second kappa shape index (κ2) is 6.33. The van der Waals surface area contributed by atoms with Crippen LogP contribution >= 0.6 is 11.6 Å². The van der Waals surface area contributed by atoms with E-state index in [0.29, 0.717) is 5.92 Å². The molecule has 0 aromatic heterocycles. The van der Waals surface area contributed by atoms with Crippen LogP contribution in [0.5, 0.6) is 0 Å². The van der Waals surface area contributed by atoms with E-state index in [9.17, 15) is 4.79 Å². The lowest BCUT2D eigenvalue weighted by Gasteiger charge is -2.32. The fraction of sp³-hybridized carbons (Fsp3) is 0.909. The van der Waals surface area contributed by atoms with Crippen molar-refractivity contribution in [2.24, 2.45) is 5.92 Å². The van der Waals surface area contributed by atoms with Crippen molar-refractivity contribution in [3.63, 3.8) is 0 Å². The number of methoxy groups -OCH3 is 1. The molecule has 1 unspecified atom stereocenters. The summed E-state index contributed by atoms with van der Waals surface area (Å²) in [6.45, 7) is 4.26. The molecule has 4 heteroatoms. The number of carbonyl (C=O) groups excluding carboxylic acids is 1. The van der Waals surface area contributed by atoms with Gasteiger partial charge in [-0.1, -0.05) is 0 Å². The Morgan fingerprint density at radius 2 is 2.13 bits per heavy atom. The van der Waals surface area contributed by atoms with Gasteiger partial charge in [0.1, 0.15) is 5.38 Å². The van der Waals surface area contributed by atoms with Gasteiger partial charge in [-0.2, -0.15) is 0 Å². The Kier molecular flexibility index (Phi) is 5.40. The number of carbonyl (C=O) groups is 1. The van der Waals surface area contributed by atoms with E-state index in [1.165, 1.54) is 0 Å². The third kappa shape index (κ3) is 3.99. The molecular weight excluding hydrogens is 214 g/mol. The Hall–Kier alpha value is -0.280. The number of hydrogen-bond acceptors (Lipinski definition) is 2. The van der Waals surface area contributed by atoms with Crippen molar-refractivity contribution in [1.29, 1.82) is 0 Å². The van der Waals surface area contributed by atoms with Gasteiger partial charge in [0.25, 0.3) is 0 Å². The molecule has 3 nitrogen and oxygen atoms in total. The first-order valence-electron chi connectivity index (χ1n) is 5.57. The highest BCUT2D eigenvalue weighted by molar-refractivity contribution is 6.30. The van der Waals surface area contributed by atoms with E-state index in [2.05, 4.69) is 0 Å². The number of ether oxygens (including phenoxy) is 1. The number of likely N-dealkylation sites (tertiary alicyclic amines) is 1. The normalized spacial score (nSPS) is 20.3. The number of rotatable bonds is 4. The van der Waals surface area contributed by atoms with E-state index in [1.807, 2.05) is 4.90 Å². The van der Waals surface area contributed by atoms with E-state index in [-0.39, 0.29) is 11.3 Å². The number of halogens is 1. The predicted molar refractivity (Wildman–Crippen MR) is 61.1 cm³/mol. The quantitative estimate of drug-likeness (QED) is 0.694. The summed E-state index contributed by atoms with van der Waals surface area (Å²) in [7, 11) is 1.73. The van der Waals surface area contributed by atoms with Crippen molar-refractivity contribution in [2.75, 3.05) is 26.8 Å². The molecule has 0 aromatic rings. The van der Waals surface area contributed by atoms with E-state index in [1.54, 1.807) is 14.0 Å². The maximum atomic E-state index is 11.6. The lowest BCUT2D eigenvalue weighted by molar-refractivity contribution is -0.131. The average molecular weight is 234 g/mol. The van der Waals surface area contributed by atoms with Gasteiger partial charge in [0.2, 0.25) is 5.91 Å². The third-order valence-electron chi connectivity index (χ3n) is 3.00. The van der Waals surface area contributed by atoms with Gasteiger partial charge in [-0.3, -0.25) is 4.79 Å². The molecule has 1 heterocycles. The van der Waals surface area contributed by atoms with Crippen LogP contribution in [0.25, 0.3) is 0 Å². The third-order valence-corrected chi connectivity index (χ3v) is 3.18. The van der Waals surface area contributed by atoms with Crippen LogP contribution in [-0.2, 0) is 9.53 Å². The van der Waals surface area contributed by atoms with Crippen LogP contribution in [0.2, 0.25) is 0 Å². The maximum Gasteiger partial charge on any atom is 0.240 e. The maximum absolute atomic E-state index is 11.6. The first-order valence-corrected chi connectivity index (χ1v) is 6.00. The van der Waals surface area contributed by atoms with Gasteiger partial charge in [-0.25, -0.2) is 0 Å². The lowest BCUT2D eigenvalue weighted by Crippen LogP contribution is -2.41. The topological polar surface area (TPSA) is 29.5 Å². The van der Waals surface area contributed by atoms with Crippen molar-refractivity contribution >= 4 is 17.5 Å². The van der Waals surface area contributed by atoms with Crippen LogP contribution < -0.4 is 0 Å². The summed E-state index contributed by atoms with van der Waals surface area (Å²) in [5.41, 5.74) is 0. The molecule has 0 N–H and O–H groups in total. The highest BCUT2D eigenvalue weighted by Crippen LogP contribution is 2.21. The molecule has 1 saturated heterocycles. The molecule has 1 fully saturated rings. The van der Waals surface area contributed by atoms with Crippen molar-refractivity contribution < 1.29 is 9.53 Å².